The molecule has 2 aromatic rings. The van der Waals surface area contributed by atoms with Crippen LogP contribution in [0.4, 0.5) is 8.78 Å². The van der Waals surface area contributed by atoms with E-state index in [2.05, 4.69) is 4.98 Å². The van der Waals surface area contributed by atoms with Crippen molar-refractivity contribution in [1.82, 2.24) is 4.98 Å². The molecule has 0 bridgehead atoms. The maximum absolute atomic E-state index is 13.7. The van der Waals surface area contributed by atoms with Crippen LogP contribution in [0.2, 0.25) is 0 Å². The van der Waals surface area contributed by atoms with E-state index < -0.39 is 11.6 Å². The molecule has 2 N–H and O–H groups in total. The van der Waals surface area contributed by atoms with Gasteiger partial charge < -0.3 is 10.5 Å². The fourth-order valence-electron chi connectivity index (χ4n) is 1.66. The monoisotopic (exact) mass is 284 g/mol. The van der Waals surface area contributed by atoms with Gasteiger partial charge >= 0.3 is 0 Å². The third-order valence-electron chi connectivity index (χ3n) is 2.50. The standard InChI is InChI=1S/C13H14F2N2OS/c1-8-7-19-12(17-8)6-18-13-10(14)4-9(2-3-16)5-11(13)15/h4-5,7H,2-3,6,16H2,1H3. The Morgan fingerprint density at radius 1 is 1.32 bits per heavy atom. The third-order valence-corrected chi connectivity index (χ3v) is 3.44. The van der Waals surface area contributed by atoms with Crippen LogP contribution in [-0.2, 0) is 13.0 Å². The largest absolute Gasteiger partial charge is 0.480 e. The van der Waals surface area contributed by atoms with Crippen molar-refractivity contribution in [2.24, 2.45) is 5.73 Å². The highest BCUT2D eigenvalue weighted by Gasteiger charge is 2.13. The average Bonchev–Trinajstić information content (AvgIpc) is 2.74. The minimum Gasteiger partial charge on any atom is -0.480 e. The number of aryl methyl sites for hydroxylation is 1. The average molecular weight is 284 g/mol. The Hall–Kier alpha value is -1.53. The number of ether oxygens (including phenoxy) is 1. The summed E-state index contributed by atoms with van der Waals surface area (Å²) >= 11 is 1.39. The Kier molecular flexibility index (Phi) is 4.44. The molecule has 102 valence electrons. The first-order chi connectivity index (χ1) is 9.10. The summed E-state index contributed by atoms with van der Waals surface area (Å²) in [5.41, 5.74) is 6.74. The smallest absolute Gasteiger partial charge is 0.191 e. The van der Waals surface area contributed by atoms with Crippen LogP contribution in [0.5, 0.6) is 5.75 Å². The molecule has 1 heterocycles. The zero-order valence-electron chi connectivity index (χ0n) is 10.5. The molecule has 0 amide bonds. The van der Waals surface area contributed by atoms with Crippen molar-refractivity contribution in [3.8, 4) is 5.75 Å². The summed E-state index contributed by atoms with van der Waals surface area (Å²) in [6.07, 6.45) is 0.430. The van der Waals surface area contributed by atoms with Gasteiger partial charge in [-0.15, -0.1) is 11.3 Å². The molecule has 0 aliphatic heterocycles. The lowest BCUT2D eigenvalue weighted by Crippen LogP contribution is -2.05. The molecule has 0 atom stereocenters. The van der Waals surface area contributed by atoms with Gasteiger partial charge in [-0.25, -0.2) is 13.8 Å². The number of nitrogens with two attached hydrogens (primary N) is 1. The molecule has 0 fully saturated rings. The SMILES string of the molecule is Cc1csc(COc2c(F)cc(CCN)cc2F)n1. The van der Waals surface area contributed by atoms with Gasteiger partial charge in [-0.1, -0.05) is 0 Å². The second-order valence-electron chi connectivity index (χ2n) is 4.10. The van der Waals surface area contributed by atoms with Crippen molar-refractivity contribution in [1.29, 1.82) is 0 Å². The van der Waals surface area contributed by atoms with E-state index >= 15 is 0 Å². The molecule has 1 aromatic carbocycles. The van der Waals surface area contributed by atoms with E-state index in [-0.39, 0.29) is 12.4 Å². The first kappa shape index (κ1) is 13.9. The van der Waals surface area contributed by atoms with Gasteiger partial charge in [-0.05, 0) is 37.6 Å². The second-order valence-corrected chi connectivity index (χ2v) is 5.04. The fraction of sp³-hybridized carbons (Fsp3) is 0.308. The molecule has 0 radical (unpaired) electrons. The Morgan fingerprint density at radius 2 is 2.00 bits per heavy atom. The topological polar surface area (TPSA) is 48.1 Å². The molecule has 0 spiro atoms. The van der Waals surface area contributed by atoms with E-state index in [4.69, 9.17) is 10.5 Å². The van der Waals surface area contributed by atoms with Gasteiger partial charge in [0.25, 0.3) is 0 Å². The predicted molar refractivity (Wildman–Crippen MR) is 70.3 cm³/mol. The predicted octanol–water partition coefficient (Wildman–Crippen LogP) is 2.81. The number of rotatable bonds is 5. The lowest BCUT2D eigenvalue weighted by atomic mass is 10.1. The van der Waals surface area contributed by atoms with Gasteiger partial charge in [0.15, 0.2) is 17.4 Å². The van der Waals surface area contributed by atoms with Gasteiger partial charge in [0.2, 0.25) is 0 Å². The highest BCUT2D eigenvalue weighted by atomic mass is 32.1. The van der Waals surface area contributed by atoms with Crippen LogP contribution < -0.4 is 10.5 Å². The van der Waals surface area contributed by atoms with E-state index in [1.807, 2.05) is 12.3 Å². The summed E-state index contributed by atoms with van der Waals surface area (Å²) in [6, 6.07) is 2.50. The van der Waals surface area contributed by atoms with Crippen LogP contribution in [0.15, 0.2) is 17.5 Å². The summed E-state index contributed by atoms with van der Waals surface area (Å²) in [5, 5.41) is 2.54. The molecule has 0 saturated heterocycles. The van der Waals surface area contributed by atoms with Crippen molar-refractivity contribution >= 4 is 11.3 Å². The van der Waals surface area contributed by atoms with Crippen LogP contribution in [0, 0.1) is 18.6 Å². The molecular weight excluding hydrogens is 270 g/mol. The third kappa shape index (κ3) is 3.48. The Bertz CT molecular complexity index is 549. The molecule has 19 heavy (non-hydrogen) atoms. The van der Waals surface area contributed by atoms with Crippen molar-refractivity contribution in [2.45, 2.75) is 20.0 Å². The number of thiazole rings is 1. The number of halogens is 2. The maximum Gasteiger partial charge on any atom is 0.191 e. The van der Waals surface area contributed by atoms with Gasteiger partial charge in [0.1, 0.15) is 11.6 Å². The van der Waals surface area contributed by atoms with E-state index in [0.717, 1.165) is 5.69 Å². The van der Waals surface area contributed by atoms with Crippen molar-refractivity contribution in [3.63, 3.8) is 0 Å². The Balaban J connectivity index is 2.11. The van der Waals surface area contributed by atoms with Crippen LogP contribution in [0.25, 0.3) is 0 Å². The molecule has 2 rings (SSSR count). The van der Waals surface area contributed by atoms with E-state index in [1.165, 1.54) is 23.5 Å². The van der Waals surface area contributed by atoms with Crippen LogP contribution in [-0.4, -0.2) is 11.5 Å². The summed E-state index contributed by atoms with van der Waals surface area (Å²) in [4.78, 5) is 4.16. The molecule has 6 heteroatoms. The lowest BCUT2D eigenvalue weighted by Gasteiger charge is -2.08. The van der Waals surface area contributed by atoms with Gasteiger partial charge in [-0.3, -0.25) is 0 Å². The summed E-state index contributed by atoms with van der Waals surface area (Å²) in [7, 11) is 0. The maximum atomic E-state index is 13.7. The molecule has 3 nitrogen and oxygen atoms in total. The summed E-state index contributed by atoms with van der Waals surface area (Å²) in [5.74, 6) is -1.79. The number of hydrogen-bond donors (Lipinski definition) is 1. The zero-order chi connectivity index (χ0) is 13.8. The zero-order valence-corrected chi connectivity index (χ0v) is 11.3. The van der Waals surface area contributed by atoms with E-state index in [0.29, 0.717) is 23.5 Å². The lowest BCUT2D eigenvalue weighted by molar-refractivity contribution is 0.273. The number of nitrogens with zero attached hydrogens (tertiary/aromatic N) is 1. The molecule has 0 unspecified atom stereocenters. The van der Waals surface area contributed by atoms with Gasteiger partial charge in [0.05, 0.1) is 0 Å². The number of hydrogen-bond acceptors (Lipinski definition) is 4. The fourth-order valence-corrected chi connectivity index (χ4v) is 2.35. The quantitative estimate of drug-likeness (QED) is 0.918. The minimum atomic E-state index is -0.711. The molecular formula is C13H14F2N2OS. The van der Waals surface area contributed by atoms with Gasteiger partial charge in [-0.2, -0.15) is 0 Å². The highest BCUT2D eigenvalue weighted by molar-refractivity contribution is 7.09. The first-order valence-corrected chi connectivity index (χ1v) is 6.70. The Labute approximate surface area is 114 Å². The highest BCUT2D eigenvalue weighted by Crippen LogP contribution is 2.25. The number of benzene rings is 1. The summed E-state index contributed by atoms with van der Waals surface area (Å²) in [6.45, 7) is 2.25. The van der Waals surface area contributed by atoms with Crippen molar-refractivity contribution < 1.29 is 13.5 Å². The van der Waals surface area contributed by atoms with Crippen LogP contribution in [0.3, 0.4) is 0 Å². The van der Waals surface area contributed by atoms with Crippen molar-refractivity contribution in [2.75, 3.05) is 6.54 Å². The molecule has 1 aromatic heterocycles. The van der Waals surface area contributed by atoms with E-state index in [9.17, 15) is 8.78 Å². The number of aromatic nitrogens is 1. The van der Waals surface area contributed by atoms with E-state index in [1.54, 1.807) is 0 Å². The van der Waals surface area contributed by atoms with Crippen molar-refractivity contribution in [3.05, 3.63) is 45.4 Å². The van der Waals surface area contributed by atoms with Gasteiger partial charge in [0, 0.05) is 11.1 Å². The second kappa shape index (κ2) is 6.08. The normalized spacial score (nSPS) is 10.7. The minimum absolute atomic E-state index is 0.0581. The molecule has 0 aliphatic carbocycles. The molecule has 0 saturated carbocycles. The summed E-state index contributed by atoms with van der Waals surface area (Å²) < 4.78 is 32.6. The van der Waals surface area contributed by atoms with Crippen LogP contribution in [0.1, 0.15) is 16.3 Å². The molecule has 0 aliphatic rings. The first-order valence-electron chi connectivity index (χ1n) is 5.82. The van der Waals surface area contributed by atoms with Crippen LogP contribution >= 0.6 is 11.3 Å². The Morgan fingerprint density at radius 3 is 2.53 bits per heavy atom.